The fourth-order valence-corrected chi connectivity index (χ4v) is 2.54. The highest BCUT2D eigenvalue weighted by Gasteiger charge is 2.04. The van der Waals surface area contributed by atoms with Gasteiger partial charge in [-0.05, 0) is 40.1 Å². The first-order valence-corrected chi connectivity index (χ1v) is 7.93. The number of carbonyl (C=O) groups excluding carboxylic acids is 1. The average Bonchev–Trinajstić information content (AvgIpc) is 2.65. The third-order valence-corrected chi connectivity index (χ3v) is 3.92. The summed E-state index contributed by atoms with van der Waals surface area (Å²) in [6.07, 6.45) is 0. The van der Waals surface area contributed by atoms with Gasteiger partial charge in [0.1, 0.15) is 0 Å². The van der Waals surface area contributed by atoms with E-state index in [-0.39, 0.29) is 11.6 Å². The number of carbonyl (C=O) groups is 2. The molecule has 0 saturated heterocycles. The van der Waals surface area contributed by atoms with E-state index in [9.17, 15) is 9.59 Å². The van der Waals surface area contributed by atoms with Crippen LogP contribution in [-0.4, -0.2) is 17.1 Å². The second-order valence-corrected chi connectivity index (χ2v) is 5.72. The number of hydrogen-bond acceptors (Lipinski definition) is 2. The van der Waals surface area contributed by atoms with E-state index in [4.69, 9.17) is 5.11 Å². The molecule has 0 aliphatic rings. The van der Waals surface area contributed by atoms with E-state index < -0.39 is 5.97 Å². The second kappa shape index (κ2) is 7.49. The SMILES string of the molecule is O=C(NCc1ccc(C(=O)O)cc1)NCc1ccc2ccccc2c1. The number of amides is 2. The summed E-state index contributed by atoms with van der Waals surface area (Å²) < 4.78 is 0. The first-order valence-electron chi connectivity index (χ1n) is 7.93. The molecule has 3 N–H and O–H groups in total. The minimum absolute atomic E-state index is 0.226. The maximum atomic E-state index is 11.9. The molecular weight excluding hydrogens is 316 g/mol. The van der Waals surface area contributed by atoms with Crippen LogP contribution in [0, 0.1) is 0 Å². The highest BCUT2D eigenvalue weighted by molar-refractivity contribution is 5.87. The van der Waals surface area contributed by atoms with Gasteiger partial charge in [-0.1, -0.05) is 48.5 Å². The van der Waals surface area contributed by atoms with Crippen LogP contribution in [0.25, 0.3) is 10.8 Å². The lowest BCUT2D eigenvalue weighted by atomic mass is 10.1. The summed E-state index contributed by atoms with van der Waals surface area (Å²) in [7, 11) is 0. The van der Waals surface area contributed by atoms with Gasteiger partial charge in [0, 0.05) is 13.1 Å². The molecule has 0 spiro atoms. The van der Waals surface area contributed by atoms with Gasteiger partial charge in [0.25, 0.3) is 0 Å². The van der Waals surface area contributed by atoms with Crippen LogP contribution in [-0.2, 0) is 13.1 Å². The van der Waals surface area contributed by atoms with Crippen LogP contribution in [0.2, 0.25) is 0 Å². The van der Waals surface area contributed by atoms with Gasteiger partial charge in [-0.25, -0.2) is 9.59 Å². The Bertz CT molecular complexity index is 904. The lowest BCUT2D eigenvalue weighted by molar-refractivity contribution is 0.0697. The summed E-state index contributed by atoms with van der Waals surface area (Å²) in [4.78, 5) is 22.7. The summed E-state index contributed by atoms with van der Waals surface area (Å²) in [5.41, 5.74) is 2.09. The van der Waals surface area contributed by atoms with Gasteiger partial charge >= 0.3 is 12.0 Å². The zero-order chi connectivity index (χ0) is 17.6. The Balaban J connectivity index is 1.51. The number of carboxylic acids is 1. The van der Waals surface area contributed by atoms with Crippen LogP contribution in [0.3, 0.4) is 0 Å². The molecule has 0 aliphatic carbocycles. The minimum Gasteiger partial charge on any atom is -0.478 e. The minimum atomic E-state index is -0.965. The quantitative estimate of drug-likeness (QED) is 0.668. The maximum Gasteiger partial charge on any atom is 0.335 e. The molecule has 0 radical (unpaired) electrons. The molecular formula is C20H18N2O3. The van der Waals surface area contributed by atoms with Gasteiger partial charge in [-0.2, -0.15) is 0 Å². The maximum absolute atomic E-state index is 11.9. The monoisotopic (exact) mass is 334 g/mol. The largest absolute Gasteiger partial charge is 0.478 e. The van der Waals surface area contributed by atoms with Crippen molar-refractivity contribution in [2.75, 3.05) is 0 Å². The molecule has 0 aliphatic heterocycles. The Morgan fingerprint density at radius 3 is 2.04 bits per heavy atom. The van der Waals surface area contributed by atoms with Crippen LogP contribution in [0.4, 0.5) is 4.79 Å². The van der Waals surface area contributed by atoms with Gasteiger partial charge in [0.15, 0.2) is 0 Å². The Labute approximate surface area is 145 Å². The van der Waals surface area contributed by atoms with E-state index >= 15 is 0 Å². The molecule has 5 nitrogen and oxygen atoms in total. The van der Waals surface area contributed by atoms with Crippen molar-refractivity contribution >= 4 is 22.8 Å². The van der Waals surface area contributed by atoms with Crippen molar-refractivity contribution in [2.24, 2.45) is 0 Å². The number of nitrogens with one attached hydrogen (secondary N) is 2. The molecule has 2 amide bonds. The number of hydrogen-bond donors (Lipinski definition) is 3. The fraction of sp³-hybridized carbons (Fsp3) is 0.100. The summed E-state index contributed by atoms with van der Waals surface area (Å²) in [5.74, 6) is -0.965. The van der Waals surface area contributed by atoms with Crippen molar-refractivity contribution in [3.63, 3.8) is 0 Å². The molecule has 25 heavy (non-hydrogen) atoms. The van der Waals surface area contributed by atoms with Crippen molar-refractivity contribution in [3.05, 3.63) is 83.4 Å². The van der Waals surface area contributed by atoms with Crippen molar-refractivity contribution < 1.29 is 14.7 Å². The normalized spacial score (nSPS) is 10.4. The van der Waals surface area contributed by atoms with Crippen molar-refractivity contribution in [1.29, 1.82) is 0 Å². The number of rotatable bonds is 5. The number of fused-ring (bicyclic) bond motifs is 1. The molecule has 3 aromatic rings. The molecule has 0 heterocycles. The van der Waals surface area contributed by atoms with Crippen LogP contribution in [0.1, 0.15) is 21.5 Å². The van der Waals surface area contributed by atoms with E-state index in [1.54, 1.807) is 12.1 Å². The van der Waals surface area contributed by atoms with Crippen molar-refractivity contribution in [2.45, 2.75) is 13.1 Å². The Kier molecular flexibility index (Phi) is 4.95. The third kappa shape index (κ3) is 4.35. The molecule has 0 atom stereocenters. The second-order valence-electron chi connectivity index (χ2n) is 5.72. The predicted octanol–water partition coefficient (Wildman–Crippen LogP) is 3.54. The van der Waals surface area contributed by atoms with E-state index in [1.807, 2.05) is 30.3 Å². The average molecular weight is 334 g/mol. The number of benzene rings is 3. The standard InChI is InChI=1S/C20H18N2O3/c23-19(24)17-9-5-14(6-10-17)12-21-20(25)22-13-15-7-8-16-3-1-2-4-18(16)11-15/h1-11H,12-13H2,(H,23,24)(H2,21,22,25). The van der Waals surface area contributed by atoms with Gasteiger partial charge in [-0.15, -0.1) is 0 Å². The highest BCUT2D eigenvalue weighted by Crippen LogP contribution is 2.15. The van der Waals surface area contributed by atoms with Crippen LogP contribution in [0.5, 0.6) is 0 Å². The molecule has 0 saturated carbocycles. The first kappa shape index (κ1) is 16.5. The van der Waals surface area contributed by atoms with Gasteiger partial charge in [0.05, 0.1) is 5.56 Å². The molecule has 0 bridgehead atoms. The molecule has 0 fully saturated rings. The topological polar surface area (TPSA) is 78.4 Å². The van der Waals surface area contributed by atoms with Crippen molar-refractivity contribution in [3.8, 4) is 0 Å². The summed E-state index contributed by atoms with van der Waals surface area (Å²) in [6.45, 7) is 0.776. The van der Waals surface area contributed by atoms with E-state index in [2.05, 4.69) is 22.8 Å². The molecule has 3 rings (SSSR count). The number of urea groups is 1. The molecule has 0 unspecified atom stereocenters. The fourth-order valence-electron chi connectivity index (χ4n) is 2.54. The van der Waals surface area contributed by atoms with Gasteiger partial charge < -0.3 is 15.7 Å². The number of aromatic carboxylic acids is 1. The van der Waals surface area contributed by atoms with Crippen molar-refractivity contribution in [1.82, 2.24) is 10.6 Å². The summed E-state index contributed by atoms with van der Waals surface area (Å²) in [6, 6.07) is 20.3. The van der Waals surface area contributed by atoms with Crippen LogP contribution >= 0.6 is 0 Å². The molecule has 126 valence electrons. The van der Waals surface area contributed by atoms with E-state index in [0.717, 1.165) is 16.5 Å². The van der Waals surface area contributed by atoms with E-state index in [0.29, 0.717) is 13.1 Å². The first-order chi connectivity index (χ1) is 12.1. The van der Waals surface area contributed by atoms with Crippen LogP contribution in [0.15, 0.2) is 66.7 Å². The summed E-state index contributed by atoms with van der Waals surface area (Å²) >= 11 is 0. The molecule has 5 heteroatoms. The predicted molar refractivity (Wildman–Crippen MR) is 96.4 cm³/mol. The lowest BCUT2D eigenvalue weighted by Crippen LogP contribution is -2.34. The molecule has 0 aromatic heterocycles. The van der Waals surface area contributed by atoms with E-state index in [1.165, 1.54) is 17.5 Å². The molecule has 3 aromatic carbocycles. The Morgan fingerprint density at radius 2 is 1.36 bits per heavy atom. The van der Waals surface area contributed by atoms with Gasteiger partial charge in [-0.3, -0.25) is 0 Å². The van der Waals surface area contributed by atoms with Gasteiger partial charge in [0.2, 0.25) is 0 Å². The zero-order valence-electron chi connectivity index (χ0n) is 13.5. The number of carboxylic acid groups (broad SMARTS) is 1. The van der Waals surface area contributed by atoms with Crippen LogP contribution < -0.4 is 10.6 Å². The summed E-state index contributed by atoms with van der Waals surface area (Å²) in [5, 5.41) is 16.7. The smallest absolute Gasteiger partial charge is 0.335 e. The lowest BCUT2D eigenvalue weighted by Gasteiger charge is -2.09. The highest BCUT2D eigenvalue weighted by atomic mass is 16.4. The zero-order valence-corrected chi connectivity index (χ0v) is 13.5. The third-order valence-electron chi connectivity index (χ3n) is 3.92. The Hall–Kier alpha value is -3.34. The Morgan fingerprint density at radius 1 is 0.760 bits per heavy atom.